The maximum Gasteiger partial charge on any atom is 0.157 e. The Labute approximate surface area is 129 Å². The van der Waals surface area contributed by atoms with Gasteiger partial charge in [-0.3, -0.25) is 4.79 Å². The summed E-state index contributed by atoms with van der Waals surface area (Å²) >= 11 is 3.47. The van der Waals surface area contributed by atoms with Crippen LogP contribution in [0.4, 0.5) is 0 Å². The highest BCUT2D eigenvalue weighted by atomic mass is 79.9. The van der Waals surface area contributed by atoms with Gasteiger partial charge in [0, 0.05) is 6.42 Å². The van der Waals surface area contributed by atoms with Gasteiger partial charge in [-0.2, -0.15) is 0 Å². The van der Waals surface area contributed by atoms with Crippen LogP contribution in [0.2, 0.25) is 0 Å². The lowest BCUT2D eigenvalue weighted by molar-refractivity contribution is -0.124. The third-order valence-electron chi connectivity index (χ3n) is 4.04. The number of carbonyl (C=O) groups excluding carboxylic acids is 1. The number of carbonyl (C=O) groups is 1. The van der Waals surface area contributed by atoms with Crippen molar-refractivity contribution in [2.24, 2.45) is 0 Å². The number of nitrogens with one attached hydrogen (secondary N) is 1. The molecular formula is C16H22BrNO2. The second-order valence-corrected chi connectivity index (χ2v) is 6.29. The van der Waals surface area contributed by atoms with E-state index in [0.717, 1.165) is 48.0 Å². The quantitative estimate of drug-likeness (QED) is 0.862. The van der Waals surface area contributed by atoms with E-state index < -0.39 is 0 Å². The van der Waals surface area contributed by atoms with Crippen molar-refractivity contribution in [1.82, 2.24) is 5.32 Å². The van der Waals surface area contributed by atoms with Crippen LogP contribution in [0.5, 0.6) is 5.75 Å². The van der Waals surface area contributed by atoms with Crippen molar-refractivity contribution in [2.45, 2.75) is 44.6 Å². The summed E-state index contributed by atoms with van der Waals surface area (Å²) in [7, 11) is 1.64. The molecule has 0 radical (unpaired) electrons. The molecule has 0 aromatic heterocycles. The number of hydrogen-bond donors (Lipinski definition) is 1. The van der Waals surface area contributed by atoms with Gasteiger partial charge in [-0.25, -0.2) is 0 Å². The van der Waals surface area contributed by atoms with Crippen molar-refractivity contribution >= 4 is 21.7 Å². The van der Waals surface area contributed by atoms with Gasteiger partial charge in [0.1, 0.15) is 5.75 Å². The lowest BCUT2D eigenvalue weighted by Gasteiger charge is -2.27. The molecule has 1 N–H and O–H groups in total. The van der Waals surface area contributed by atoms with Crippen molar-refractivity contribution in [2.75, 3.05) is 13.7 Å². The van der Waals surface area contributed by atoms with Crippen LogP contribution in [0.3, 0.4) is 0 Å². The normalized spacial score (nSPS) is 21.9. The molecule has 1 heterocycles. The van der Waals surface area contributed by atoms with Crippen molar-refractivity contribution in [3.63, 3.8) is 0 Å². The first-order valence-corrected chi connectivity index (χ1v) is 8.01. The second-order valence-electron chi connectivity index (χ2n) is 5.43. The molecule has 1 unspecified atom stereocenters. The maximum absolute atomic E-state index is 12.7. The number of methoxy groups -OCH3 is 1. The molecule has 0 amide bonds. The highest BCUT2D eigenvalue weighted by Gasteiger charge is 2.39. The summed E-state index contributed by atoms with van der Waals surface area (Å²) in [4.78, 5) is 12.7. The zero-order valence-corrected chi connectivity index (χ0v) is 13.8. The molecular weight excluding hydrogens is 318 g/mol. The van der Waals surface area contributed by atoms with E-state index in [2.05, 4.69) is 28.2 Å². The predicted molar refractivity (Wildman–Crippen MR) is 84.3 cm³/mol. The summed E-state index contributed by atoms with van der Waals surface area (Å²) < 4.78 is 6.12. The Morgan fingerprint density at radius 1 is 1.50 bits per heavy atom. The minimum atomic E-state index is -0.291. The average Bonchev–Trinajstić information content (AvgIpc) is 2.89. The minimum Gasteiger partial charge on any atom is -0.496 e. The van der Waals surface area contributed by atoms with Gasteiger partial charge >= 0.3 is 0 Å². The van der Waals surface area contributed by atoms with Crippen molar-refractivity contribution < 1.29 is 9.53 Å². The summed E-state index contributed by atoms with van der Waals surface area (Å²) in [6, 6.07) is 5.85. The molecule has 3 nitrogen and oxygen atoms in total. The Hall–Kier alpha value is -0.870. The Kier molecular flexibility index (Phi) is 5.22. The van der Waals surface area contributed by atoms with Crippen LogP contribution in [0.15, 0.2) is 22.7 Å². The van der Waals surface area contributed by atoms with E-state index in [1.165, 1.54) is 0 Å². The summed E-state index contributed by atoms with van der Waals surface area (Å²) in [5.74, 6) is 1.11. The number of rotatable bonds is 6. The molecule has 1 aliphatic heterocycles. The van der Waals surface area contributed by atoms with Crippen LogP contribution >= 0.6 is 15.9 Å². The van der Waals surface area contributed by atoms with E-state index in [4.69, 9.17) is 4.74 Å². The molecule has 1 atom stereocenters. The average molecular weight is 340 g/mol. The predicted octanol–water partition coefficient (Wildman–Crippen LogP) is 3.49. The van der Waals surface area contributed by atoms with Gasteiger partial charge in [-0.1, -0.05) is 19.4 Å². The van der Waals surface area contributed by atoms with Gasteiger partial charge in [0.15, 0.2) is 5.78 Å². The van der Waals surface area contributed by atoms with Gasteiger partial charge in [0.25, 0.3) is 0 Å². The van der Waals surface area contributed by atoms with Gasteiger partial charge in [0.05, 0.1) is 17.1 Å². The molecule has 0 saturated carbocycles. The summed E-state index contributed by atoms with van der Waals surface area (Å²) in [5.41, 5.74) is 0.744. The monoisotopic (exact) mass is 339 g/mol. The zero-order valence-electron chi connectivity index (χ0n) is 12.2. The molecule has 20 heavy (non-hydrogen) atoms. The molecule has 2 rings (SSSR count). The smallest absolute Gasteiger partial charge is 0.157 e. The van der Waals surface area contributed by atoms with Crippen LogP contribution < -0.4 is 10.1 Å². The fourth-order valence-electron chi connectivity index (χ4n) is 3.00. The molecule has 1 aromatic rings. The van der Waals surface area contributed by atoms with Crippen LogP contribution in [0.1, 0.15) is 38.2 Å². The van der Waals surface area contributed by atoms with E-state index >= 15 is 0 Å². The number of ether oxygens (including phenoxy) is 1. The Balaban J connectivity index is 2.12. The van der Waals surface area contributed by atoms with Crippen molar-refractivity contribution in [1.29, 1.82) is 0 Å². The highest BCUT2D eigenvalue weighted by molar-refractivity contribution is 9.10. The topological polar surface area (TPSA) is 38.3 Å². The van der Waals surface area contributed by atoms with E-state index in [0.29, 0.717) is 12.2 Å². The molecule has 1 fully saturated rings. The molecule has 1 aliphatic rings. The standard InChI is InChI=1S/C16H22BrNO2/c1-3-7-16(8-4-9-18-16)15(19)11-12-5-6-14(20-2)13(17)10-12/h5-6,10,18H,3-4,7-9,11H2,1-2H3. The largest absolute Gasteiger partial charge is 0.496 e. The van der Waals surface area contributed by atoms with Gasteiger partial charge in [-0.15, -0.1) is 0 Å². The number of halogens is 1. The van der Waals surface area contributed by atoms with Crippen LogP contribution in [-0.2, 0) is 11.2 Å². The number of hydrogen-bond acceptors (Lipinski definition) is 3. The summed E-state index contributed by atoms with van der Waals surface area (Å²) in [5, 5.41) is 3.44. The number of ketones is 1. The van der Waals surface area contributed by atoms with Crippen molar-refractivity contribution in [3.05, 3.63) is 28.2 Å². The van der Waals surface area contributed by atoms with Gasteiger partial charge in [0.2, 0.25) is 0 Å². The molecule has 110 valence electrons. The SMILES string of the molecule is CCCC1(C(=O)Cc2ccc(OC)c(Br)c2)CCCN1. The third-order valence-corrected chi connectivity index (χ3v) is 4.65. The first-order valence-electron chi connectivity index (χ1n) is 7.22. The molecule has 0 bridgehead atoms. The van der Waals surface area contributed by atoms with Crippen LogP contribution in [-0.4, -0.2) is 25.0 Å². The Bertz CT molecular complexity index is 481. The fraction of sp³-hybridized carbons (Fsp3) is 0.562. The number of Topliss-reactive ketones (excluding diaryl/α,β-unsaturated/α-hetero) is 1. The summed E-state index contributed by atoms with van der Waals surface area (Å²) in [6.45, 7) is 3.09. The first-order chi connectivity index (χ1) is 9.61. The van der Waals surface area contributed by atoms with E-state index in [1.54, 1.807) is 7.11 Å². The Morgan fingerprint density at radius 2 is 2.30 bits per heavy atom. The molecule has 1 saturated heterocycles. The van der Waals surface area contributed by atoms with E-state index in [-0.39, 0.29) is 5.54 Å². The van der Waals surface area contributed by atoms with Crippen LogP contribution in [0, 0.1) is 0 Å². The zero-order chi connectivity index (χ0) is 14.6. The van der Waals surface area contributed by atoms with E-state index in [1.807, 2.05) is 18.2 Å². The molecule has 0 aliphatic carbocycles. The van der Waals surface area contributed by atoms with E-state index in [9.17, 15) is 4.79 Å². The van der Waals surface area contributed by atoms with Gasteiger partial charge < -0.3 is 10.1 Å². The molecule has 4 heteroatoms. The third kappa shape index (κ3) is 3.23. The summed E-state index contributed by atoms with van der Waals surface area (Å²) in [6.07, 6.45) is 4.51. The fourth-order valence-corrected chi connectivity index (χ4v) is 3.59. The lowest BCUT2D eigenvalue weighted by Crippen LogP contribution is -2.48. The molecule has 1 aromatic carbocycles. The highest BCUT2D eigenvalue weighted by Crippen LogP contribution is 2.29. The van der Waals surface area contributed by atoms with Crippen LogP contribution in [0.25, 0.3) is 0 Å². The molecule has 0 spiro atoms. The lowest BCUT2D eigenvalue weighted by atomic mass is 9.84. The second kappa shape index (κ2) is 6.72. The maximum atomic E-state index is 12.7. The van der Waals surface area contributed by atoms with Gasteiger partial charge in [-0.05, 0) is 59.4 Å². The van der Waals surface area contributed by atoms with Crippen molar-refractivity contribution in [3.8, 4) is 5.75 Å². The number of benzene rings is 1. The minimum absolute atomic E-state index is 0.291. The Morgan fingerprint density at radius 3 is 2.85 bits per heavy atom. The first kappa shape index (κ1) is 15.5.